The van der Waals surface area contributed by atoms with Gasteiger partial charge in [0, 0.05) is 0 Å². The SMILES string of the molecule is O=C(O)C1(c2ccco2)C=CON1. The average molecular weight is 181 g/mol. The fourth-order valence-corrected chi connectivity index (χ4v) is 1.15. The first kappa shape index (κ1) is 7.88. The third-order valence-electron chi connectivity index (χ3n) is 1.85. The molecule has 5 nitrogen and oxygen atoms in total. The second-order valence-electron chi connectivity index (χ2n) is 2.61. The van der Waals surface area contributed by atoms with E-state index < -0.39 is 11.5 Å². The smallest absolute Gasteiger partial charge is 0.339 e. The van der Waals surface area contributed by atoms with Crippen LogP contribution in [0.5, 0.6) is 0 Å². The van der Waals surface area contributed by atoms with Crippen LogP contribution < -0.4 is 5.48 Å². The Balaban J connectivity index is 2.46. The molecule has 1 aromatic heterocycles. The van der Waals surface area contributed by atoms with Crippen molar-refractivity contribution in [2.24, 2.45) is 0 Å². The summed E-state index contributed by atoms with van der Waals surface area (Å²) in [5.41, 5.74) is 0.982. The van der Waals surface area contributed by atoms with Gasteiger partial charge in [-0.2, -0.15) is 0 Å². The molecular formula is C8H7NO4. The van der Waals surface area contributed by atoms with Gasteiger partial charge in [-0.1, -0.05) is 0 Å². The Kier molecular flexibility index (Phi) is 1.60. The summed E-state index contributed by atoms with van der Waals surface area (Å²) in [4.78, 5) is 15.6. The maximum absolute atomic E-state index is 11.0. The normalized spacial score (nSPS) is 25.8. The van der Waals surface area contributed by atoms with E-state index in [-0.39, 0.29) is 5.76 Å². The number of hydrogen-bond acceptors (Lipinski definition) is 4. The van der Waals surface area contributed by atoms with Crippen LogP contribution in [0.15, 0.2) is 35.2 Å². The van der Waals surface area contributed by atoms with E-state index in [0.29, 0.717) is 0 Å². The van der Waals surface area contributed by atoms with Crippen LogP contribution in [0, 0.1) is 0 Å². The summed E-state index contributed by atoms with van der Waals surface area (Å²) in [6, 6.07) is 3.19. The molecule has 1 aromatic rings. The number of carboxylic acids is 1. The molecular weight excluding hydrogens is 174 g/mol. The minimum atomic E-state index is -1.39. The maximum Gasteiger partial charge on any atom is 0.339 e. The zero-order valence-electron chi connectivity index (χ0n) is 6.56. The summed E-state index contributed by atoms with van der Waals surface area (Å²) in [7, 11) is 0. The van der Waals surface area contributed by atoms with E-state index in [1.807, 2.05) is 0 Å². The summed E-state index contributed by atoms with van der Waals surface area (Å²) in [5, 5.41) is 8.98. The Morgan fingerprint density at radius 2 is 2.46 bits per heavy atom. The van der Waals surface area contributed by atoms with Crippen LogP contribution in [0.4, 0.5) is 0 Å². The quantitative estimate of drug-likeness (QED) is 0.699. The molecule has 2 rings (SSSR count). The standard InChI is InChI=1S/C8H7NO4/c10-7(11)8(3-5-13-9-8)6-2-1-4-12-6/h1-5,9H,(H,10,11). The Morgan fingerprint density at radius 1 is 1.62 bits per heavy atom. The highest BCUT2D eigenvalue weighted by Gasteiger charge is 2.44. The number of hydrogen-bond donors (Lipinski definition) is 2. The number of carbonyl (C=O) groups is 1. The first-order valence-corrected chi connectivity index (χ1v) is 3.63. The van der Waals surface area contributed by atoms with E-state index >= 15 is 0 Å². The zero-order valence-corrected chi connectivity index (χ0v) is 6.56. The average Bonchev–Trinajstić information content (AvgIpc) is 2.75. The van der Waals surface area contributed by atoms with Crippen LogP contribution in [-0.2, 0) is 15.2 Å². The lowest BCUT2D eigenvalue weighted by Crippen LogP contribution is -2.43. The molecule has 13 heavy (non-hydrogen) atoms. The van der Waals surface area contributed by atoms with Gasteiger partial charge in [-0.25, -0.2) is 4.79 Å². The van der Waals surface area contributed by atoms with Crippen LogP contribution in [0.25, 0.3) is 0 Å². The van der Waals surface area contributed by atoms with Crippen molar-refractivity contribution in [3.05, 3.63) is 36.5 Å². The first-order valence-electron chi connectivity index (χ1n) is 3.63. The molecule has 0 amide bonds. The lowest BCUT2D eigenvalue weighted by atomic mass is 9.98. The number of aliphatic carboxylic acids is 1. The van der Waals surface area contributed by atoms with Gasteiger partial charge in [0.2, 0.25) is 5.54 Å². The topological polar surface area (TPSA) is 71.7 Å². The van der Waals surface area contributed by atoms with Crippen molar-refractivity contribution in [3.63, 3.8) is 0 Å². The van der Waals surface area contributed by atoms with Gasteiger partial charge in [0.15, 0.2) is 0 Å². The molecule has 1 unspecified atom stereocenters. The Labute approximate surface area is 73.6 Å². The van der Waals surface area contributed by atoms with Crippen molar-refractivity contribution in [2.75, 3.05) is 0 Å². The minimum absolute atomic E-state index is 0.286. The highest BCUT2D eigenvalue weighted by atomic mass is 16.7. The second-order valence-corrected chi connectivity index (χ2v) is 2.61. The van der Waals surface area contributed by atoms with Crippen molar-refractivity contribution in [3.8, 4) is 0 Å². The lowest BCUT2D eigenvalue weighted by molar-refractivity contribution is -0.146. The molecule has 2 heterocycles. The molecule has 1 aliphatic rings. The van der Waals surface area contributed by atoms with Gasteiger partial charge in [0.25, 0.3) is 0 Å². The van der Waals surface area contributed by atoms with Crippen LogP contribution in [-0.4, -0.2) is 11.1 Å². The molecule has 0 radical (unpaired) electrons. The van der Waals surface area contributed by atoms with Crippen molar-refractivity contribution in [1.29, 1.82) is 0 Å². The van der Waals surface area contributed by atoms with Gasteiger partial charge in [0.05, 0.1) is 6.26 Å². The maximum atomic E-state index is 11.0. The van der Waals surface area contributed by atoms with Gasteiger partial charge >= 0.3 is 5.97 Å². The third-order valence-corrected chi connectivity index (χ3v) is 1.85. The molecule has 5 heteroatoms. The van der Waals surface area contributed by atoms with Gasteiger partial charge in [0.1, 0.15) is 12.0 Å². The number of furan rings is 1. The summed E-state index contributed by atoms with van der Waals surface area (Å²) in [6.07, 6.45) is 4.07. The molecule has 0 aromatic carbocycles. The van der Waals surface area contributed by atoms with Crippen LogP contribution in [0.3, 0.4) is 0 Å². The number of hydroxylamine groups is 1. The van der Waals surface area contributed by atoms with E-state index in [0.717, 1.165) is 0 Å². The molecule has 0 bridgehead atoms. The molecule has 0 aliphatic carbocycles. The second kappa shape index (κ2) is 2.63. The molecule has 2 N–H and O–H groups in total. The van der Waals surface area contributed by atoms with Gasteiger partial charge in [-0.3, -0.25) is 0 Å². The molecule has 0 saturated heterocycles. The van der Waals surface area contributed by atoms with E-state index in [1.165, 1.54) is 18.6 Å². The fraction of sp³-hybridized carbons (Fsp3) is 0.125. The molecule has 0 fully saturated rings. The molecule has 0 spiro atoms. The van der Waals surface area contributed by atoms with Crippen molar-refractivity contribution < 1.29 is 19.2 Å². The largest absolute Gasteiger partial charge is 0.479 e. The Bertz CT molecular complexity index is 343. The predicted molar refractivity (Wildman–Crippen MR) is 41.4 cm³/mol. The molecule has 0 saturated carbocycles. The fourth-order valence-electron chi connectivity index (χ4n) is 1.15. The molecule has 1 aliphatic heterocycles. The summed E-state index contributed by atoms with van der Waals surface area (Å²) >= 11 is 0. The van der Waals surface area contributed by atoms with Gasteiger partial charge in [-0.05, 0) is 18.2 Å². The van der Waals surface area contributed by atoms with E-state index in [9.17, 15) is 4.79 Å². The monoisotopic (exact) mass is 181 g/mol. The predicted octanol–water partition coefficient (Wildman–Crippen LogP) is 0.608. The highest BCUT2D eigenvalue weighted by molar-refractivity contribution is 5.82. The number of carboxylic acid groups (broad SMARTS) is 1. The Morgan fingerprint density at radius 3 is 2.92 bits per heavy atom. The summed E-state index contributed by atoms with van der Waals surface area (Å²) < 4.78 is 5.01. The highest BCUT2D eigenvalue weighted by Crippen LogP contribution is 2.27. The van der Waals surface area contributed by atoms with Crippen molar-refractivity contribution in [1.82, 2.24) is 5.48 Å². The molecule has 68 valence electrons. The van der Waals surface area contributed by atoms with Crippen molar-refractivity contribution in [2.45, 2.75) is 5.54 Å². The zero-order chi connectivity index (χ0) is 9.31. The lowest BCUT2D eigenvalue weighted by Gasteiger charge is -2.17. The number of rotatable bonds is 2. The van der Waals surface area contributed by atoms with E-state index in [4.69, 9.17) is 9.52 Å². The minimum Gasteiger partial charge on any atom is -0.479 e. The molecule has 1 atom stereocenters. The summed E-state index contributed by atoms with van der Waals surface area (Å²) in [6.45, 7) is 0. The summed E-state index contributed by atoms with van der Waals surface area (Å²) in [5.74, 6) is -0.787. The van der Waals surface area contributed by atoms with Gasteiger partial charge < -0.3 is 14.4 Å². The number of nitrogens with one attached hydrogen (secondary N) is 1. The third kappa shape index (κ3) is 1.01. The Hall–Kier alpha value is -1.75. The van der Waals surface area contributed by atoms with Crippen LogP contribution in [0.1, 0.15) is 5.76 Å². The van der Waals surface area contributed by atoms with E-state index in [2.05, 4.69) is 10.3 Å². The van der Waals surface area contributed by atoms with Gasteiger partial charge in [-0.15, -0.1) is 5.48 Å². The van der Waals surface area contributed by atoms with E-state index in [1.54, 1.807) is 12.1 Å². The van der Waals surface area contributed by atoms with Crippen LogP contribution in [0.2, 0.25) is 0 Å². The first-order chi connectivity index (χ1) is 6.26. The van der Waals surface area contributed by atoms with Crippen molar-refractivity contribution >= 4 is 5.97 Å². The van der Waals surface area contributed by atoms with Crippen LogP contribution >= 0.6 is 0 Å².